The van der Waals surface area contributed by atoms with Crippen molar-refractivity contribution >= 4 is 28.2 Å². The van der Waals surface area contributed by atoms with Crippen molar-refractivity contribution < 1.29 is 18.7 Å². The summed E-state index contributed by atoms with van der Waals surface area (Å²) in [6, 6.07) is 24.1. The van der Waals surface area contributed by atoms with Crippen LogP contribution < -0.4 is 15.4 Å². The molecule has 2 heterocycles. The molecule has 0 aliphatic heterocycles. The first-order chi connectivity index (χ1) is 15.2. The van der Waals surface area contributed by atoms with Gasteiger partial charge in [0.05, 0.1) is 16.1 Å². The summed E-state index contributed by atoms with van der Waals surface area (Å²) in [6.07, 6.45) is 1.44. The van der Waals surface area contributed by atoms with Crippen LogP contribution >= 0.6 is 11.3 Å². The zero-order chi connectivity index (χ0) is 21.5. The van der Waals surface area contributed by atoms with Gasteiger partial charge in [-0.15, -0.1) is 11.3 Å². The Morgan fingerprint density at radius 2 is 1.71 bits per heavy atom. The zero-order valence-corrected chi connectivity index (χ0v) is 17.4. The quantitative estimate of drug-likeness (QED) is 0.406. The van der Waals surface area contributed by atoms with E-state index in [0.717, 1.165) is 16.9 Å². The molecule has 2 amide bonds. The second-order valence-electron chi connectivity index (χ2n) is 6.70. The molecule has 0 aliphatic carbocycles. The Labute approximate surface area is 183 Å². The summed E-state index contributed by atoms with van der Waals surface area (Å²) >= 11 is 1.20. The maximum Gasteiger partial charge on any atom is 0.291 e. The number of carbonyl (C=O) groups excluding carboxylic acids is 2. The highest BCUT2D eigenvalue weighted by atomic mass is 32.1. The molecule has 6 nitrogen and oxygen atoms in total. The first-order valence-electron chi connectivity index (χ1n) is 9.66. The van der Waals surface area contributed by atoms with E-state index in [1.807, 2.05) is 54.6 Å². The molecule has 7 heteroatoms. The van der Waals surface area contributed by atoms with Crippen LogP contribution in [0.4, 0.5) is 5.00 Å². The standard InChI is InChI=1S/C24H20N2O4S/c27-23(20-10-5-13-29-20)26-22-12-11-21(31-22)24(28)25-15-17-6-4-7-18(14-17)16-30-19-8-2-1-3-9-19/h1-14H,15-16H2,(H,25,28)(H,26,27). The van der Waals surface area contributed by atoms with Crippen molar-refractivity contribution in [3.63, 3.8) is 0 Å². The maximum atomic E-state index is 12.5. The summed E-state index contributed by atoms with van der Waals surface area (Å²) in [5.41, 5.74) is 2.00. The lowest BCUT2D eigenvalue weighted by Gasteiger charge is -2.08. The summed E-state index contributed by atoms with van der Waals surface area (Å²) < 4.78 is 10.8. The van der Waals surface area contributed by atoms with Crippen LogP contribution in [0.3, 0.4) is 0 Å². The molecular formula is C24H20N2O4S. The fourth-order valence-corrected chi connectivity index (χ4v) is 3.71. The van der Waals surface area contributed by atoms with E-state index in [-0.39, 0.29) is 17.6 Å². The third-order valence-corrected chi connectivity index (χ3v) is 5.40. The third-order valence-electron chi connectivity index (χ3n) is 4.40. The van der Waals surface area contributed by atoms with Crippen molar-refractivity contribution in [3.8, 4) is 5.75 Å². The molecule has 0 unspecified atom stereocenters. The van der Waals surface area contributed by atoms with Crippen molar-refractivity contribution in [2.75, 3.05) is 5.32 Å². The number of para-hydroxylation sites is 1. The van der Waals surface area contributed by atoms with E-state index in [4.69, 9.17) is 9.15 Å². The number of amides is 2. The lowest BCUT2D eigenvalue weighted by Crippen LogP contribution is -2.21. The predicted molar refractivity (Wildman–Crippen MR) is 119 cm³/mol. The Kier molecular flexibility index (Phi) is 6.44. The van der Waals surface area contributed by atoms with Gasteiger partial charge >= 0.3 is 0 Å². The molecule has 0 saturated carbocycles. The molecule has 2 N–H and O–H groups in total. The van der Waals surface area contributed by atoms with E-state index in [2.05, 4.69) is 10.6 Å². The molecule has 0 aliphatic rings. The van der Waals surface area contributed by atoms with Gasteiger partial charge in [0.25, 0.3) is 11.8 Å². The van der Waals surface area contributed by atoms with Gasteiger partial charge in [-0.1, -0.05) is 42.5 Å². The van der Waals surface area contributed by atoms with E-state index < -0.39 is 0 Å². The number of hydrogen-bond acceptors (Lipinski definition) is 5. The second kappa shape index (κ2) is 9.77. The SMILES string of the molecule is O=C(Nc1ccc(C(=O)NCc2cccc(COc3ccccc3)c2)s1)c1ccco1. The molecule has 2 aromatic carbocycles. The topological polar surface area (TPSA) is 80.6 Å². The summed E-state index contributed by atoms with van der Waals surface area (Å²) in [6.45, 7) is 0.847. The monoisotopic (exact) mass is 432 g/mol. The van der Waals surface area contributed by atoms with E-state index >= 15 is 0 Å². The molecular weight excluding hydrogens is 412 g/mol. The number of nitrogens with one attached hydrogen (secondary N) is 2. The summed E-state index contributed by atoms with van der Waals surface area (Å²) in [5.74, 6) is 0.479. The van der Waals surface area contributed by atoms with Gasteiger partial charge in [0.15, 0.2) is 5.76 Å². The fraction of sp³-hybridized carbons (Fsp3) is 0.0833. The Hall–Kier alpha value is -3.84. The van der Waals surface area contributed by atoms with Gasteiger partial charge in [0, 0.05) is 6.54 Å². The first kappa shape index (κ1) is 20.4. The van der Waals surface area contributed by atoms with Gasteiger partial charge < -0.3 is 19.8 Å². The van der Waals surface area contributed by atoms with Crippen LogP contribution in [-0.4, -0.2) is 11.8 Å². The first-order valence-corrected chi connectivity index (χ1v) is 10.5. The van der Waals surface area contributed by atoms with Crippen LogP contribution in [0.5, 0.6) is 5.75 Å². The van der Waals surface area contributed by atoms with Crippen molar-refractivity contribution in [1.82, 2.24) is 5.32 Å². The van der Waals surface area contributed by atoms with Crippen LogP contribution in [-0.2, 0) is 13.2 Å². The minimum Gasteiger partial charge on any atom is -0.489 e. The molecule has 0 bridgehead atoms. The van der Waals surface area contributed by atoms with E-state index in [9.17, 15) is 9.59 Å². The Balaban J connectivity index is 1.29. The summed E-state index contributed by atoms with van der Waals surface area (Å²) in [7, 11) is 0. The van der Waals surface area contributed by atoms with Crippen molar-refractivity contribution in [3.05, 3.63) is 107 Å². The molecule has 0 atom stereocenters. The lowest BCUT2D eigenvalue weighted by atomic mass is 10.1. The van der Waals surface area contributed by atoms with Gasteiger partial charge in [-0.3, -0.25) is 9.59 Å². The Morgan fingerprint density at radius 1 is 0.871 bits per heavy atom. The van der Waals surface area contributed by atoms with Gasteiger partial charge in [0.1, 0.15) is 12.4 Å². The number of carbonyl (C=O) groups is 2. The third kappa shape index (κ3) is 5.61. The van der Waals surface area contributed by atoms with Gasteiger partial charge in [-0.25, -0.2) is 0 Å². The zero-order valence-electron chi connectivity index (χ0n) is 16.5. The highest BCUT2D eigenvalue weighted by Crippen LogP contribution is 2.23. The van der Waals surface area contributed by atoms with Gasteiger partial charge in [-0.05, 0) is 47.5 Å². The molecule has 0 spiro atoms. The molecule has 0 radical (unpaired) electrons. The number of benzene rings is 2. The van der Waals surface area contributed by atoms with Crippen LogP contribution in [0.1, 0.15) is 31.4 Å². The number of hydrogen-bond donors (Lipinski definition) is 2. The van der Waals surface area contributed by atoms with Crippen molar-refractivity contribution in [2.45, 2.75) is 13.2 Å². The van der Waals surface area contributed by atoms with Crippen LogP contribution in [0.15, 0.2) is 89.5 Å². The van der Waals surface area contributed by atoms with E-state index in [0.29, 0.717) is 23.0 Å². The van der Waals surface area contributed by atoms with Crippen molar-refractivity contribution in [2.24, 2.45) is 0 Å². The largest absolute Gasteiger partial charge is 0.489 e. The number of furan rings is 1. The number of thiophene rings is 1. The maximum absolute atomic E-state index is 12.5. The highest BCUT2D eigenvalue weighted by molar-refractivity contribution is 7.18. The summed E-state index contributed by atoms with van der Waals surface area (Å²) in [5, 5.41) is 6.21. The lowest BCUT2D eigenvalue weighted by molar-refractivity contribution is 0.0953. The van der Waals surface area contributed by atoms with Crippen LogP contribution in [0.25, 0.3) is 0 Å². The normalized spacial score (nSPS) is 10.5. The number of anilines is 1. The molecule has 0 saturated heterocycles. The molecule has 31 heavy (non-hydrogen) atoms. The van der Waals surface area contributed by atoms with Crippen LogP contribution in [0.2, 0.25) is 0 Å². The van der Waals surface area contributed by atoms with Gasteiger partial charge in [0.2, 0.25) is 0 Å². The highest BCUT2D eigenvalue weighted by Gasteiger charge is 2.13. The van der Waals surface area contributed by atoms with Crippen molar-refractivity contribution in [1.29, 1.82) is 0 Å². The molecule has 4 aromatic rings. The Bertz CT molecular complexity index is 1150. The molecule has 2 aromatic heterocycles. The minimum absolute atomic E-state index is 0.200. The predicted octanol–water partition coefficient (Wildman–Crippen LogP) is 5.10. The van der Waals surface area contributed by atoms with Crippen LogP contribution in [0, 0.1) is 0 Å². The molecule has 4 rings (SSSR count). The Morgan fingerprint density at radius 3 is 2.52 bits per heavy atom. The van der Waals surface area contributed by atoms with Gasteiger partial charge in [-0.2, -0.15) is 0 Å². The smallest absolute Gasteiger partial charge is 0.291 e. The fourth-order valence-electron chi connectivity index (χ4n) is 2.89. The average molecular weight is 433 g/mol. The molecule has 156 valence electrons. The second-order valence-corrected chi connectivity index (χ2v) is 7.78. The van der Waals surface area contributed by atoms with E-state index in [1.54, 1.807) is 24.3 Å². The average Bonchev–Trinajstić information content (AvgIpc) is 3.50. The number of ether oxygens (including phenoxy) is 1. The summed E-state index contributed by atoms with van der Waals surface area (Å²) in [4.78, 5) is 25.0. The van der Waals surface area contributed by atoms with E-state index in [1.165, 1.54) is 17.6 Å². The number of rotatable bonds is 8. The minimum atomic E-state index is -0.353. The molecule has 0 fully saturated rings.